The molecule has 2 rings (SSSR count). The number of rotatable bonds is 3. The number of benzene rings is 1. The first-order chi connectivity index (χ1) is 7.99. The van der Waals surface area contributed by atoms with Crippen LogP contribution in [0.3, 0.4) is 0 Å². The zero-order chi connectivity index (χ0) is 12.5. The largest absolute Gasteiger partial charge is 0.309 e. The Hall–Kier alpha value is -0.890. The third-order valence-corrected chi connectivity index (χ3v) is 4.03. The van der Waals surface area contributed by atoms with E-state index in [2.05, 4.69) is 19.2 Å². The average molecular weight is 235 g/mol. The molecule has 0 radical (unpaired) electrons. The zero-order valence-corrected chi connectivity index (χ0v) is 11.0. The van der Waals surface area contributed by atoms with E-state index in [1.807, 2.05) is 19.1 Å². The lowest BCUT2D eigenvalue weighted by molar-refractivity contribution is 0.282. The number of hydrogen-bond donors (Lipinski definition) is 1. The van der Waals surface area contributed by atoms with Crippen molar-refractivity contribution in [3.8, 4) is 0 Å². The van der Waals surface area contributed by atoms with Gasteiger partial charge in [-0.1, -0.05) is 32.4 Å². The first-order valence-electron chi connectivity index (χ1n) is 6.47. The van der Waals surface area contributed by atoms with E-state index in [1.54, 1.807) is 6.07 Å². The Bertz CT molecular complexity index is 398. The maximum Gasteiger partial charge on any atom is 0.126 e. The van der Waals surface area contributed by atoms with Crippen LogP contribution in [0, 0.1) is 18.2 Å². The van der Waals surface area contributed by atoms with Crippen LogP contribution in [-0.2, 0) is 6.54 Å². The van der Waals surface area contributed by atoms with Crippen molar-refractivity contribution in [1.29, 1.82) is 0 Å². The lowest BCUT2D eigenvalue weighted by Gasteiger charge is -2.28. The van der Waals surface area contributed by atoms with Crippen molar-refractivity contribution in [3.05, 3.63) is 35.1 Å². The zero-order valence-electron chi connectivity index (χ0n) is 11.0. The first kappa shape index (κ1) is 12.6. The normalized spacial score (nSPS) is 22.9. The Morgan fingerprint density at radius 2 is 2.18 bits per heavy atom. The number of aryl methyl sites for hydroxylation is 1. The van der Waals surface area contributed by atoms with Crippen molar-refractivity contribution < 1.29 is 4.39 Å². The Balaban J connectivity index is 1.96. The van der Waals surface area contributed by atoms with Gasteiger partial charge in [0.05, 0.1) is 0 Å². The highest BCUT2D eigenvalue weighted by atomic mass is 19.1. The molecule has 1 N–H and O–H groups in total. The summed E-state index contributed by atoms with van der Waals surface area (Å²) in [5.41, 5.74) is 2.30. The second-order valence-corrected chi connectivity index (χ2v) is 5.90. The van der Waals surface area contributed by atoms with E-state index in [9.17, 15) is 4.39 Å². The van der Waals surface area contributed by atoms with Crippen LogP contribution in [0.1, 0.15) is 44.2 Å². The molecule has 2 heteroatoms. The summed E-state index contributed by atoms with van der Waals surface area (Å²) in [6.45, 7) is 7.31. The summed E-state index contributed by atoms with van der Waals surface area (Å²) < 4.78 is 13.1. The molecule has 1 nitrogen and oxygen atoms in total. The fraction of sp³-hybridized carbons (Fsp3) is 0.600. The van der Waals surface area contributed by atoms with Gasteiger partial charge in [-0.15, -0.1) is 0 Å². The third kappa shape index (κ3) is 2.86. The molecule has 1 aromatic rings. The van der Waals surface area contributed by atoms with Gasteiger partial charge in [0.15, 0.2) is 0 Å². The van der Waals surface area contributed by atoms with Gasteiger partial charge in [0.1, 0.15) is 5.82 Å². The molecule has 94 valence electrons. The molecule has 1 aromatic carbocycles. The summed E-state index contributed by atoms with van der Waals surface area (Å²) >= 11 is 0. The van der Waals surface area contributed by atoms with Crippen LogP contribution < -0.4 is 5.32 Å². The van der Waals surface area contributed by atoms with Crippen molar-refractivity contribution in [1.82, 2.24) is 5.32 Å². The van der Waals surface area contributed by atoms with E-state index in [4.69, 9.17) is 0 Å². The molecule has 1 aliphatic rings. The van der Waals surface area contributed by atoms with E-state index in [1.165, 1.54) is 24.8 Å². The van der Waals surface area contributed by atoms with E-state index in [0.29, 0.717) is 11.5 Å². The van der Waals surface area contributed by atoms with Gasteiger partial charge in [-0.3, -0.25) is 0 Å². The summed E-state index contributed by atoms with van der Waals surface area (Å²) in [7, 11) is 0. The highest BCUT2D eigenvalue weighted by Gasteiger charge is 2.33. The summed E-state index contributed by atoms with van der Waals surface area (Å²) in [5.74, 6) is -0.116. The Labute approximate surface area is 103 Å². The molecule has 0 aromatic heterocycles. The Morgan fingerprint density at radius 1 is 1.41 bits per heavy atom. The fourth-order valence-corrected chi connectivity index (χ4v) is 2.76. The highest BCUT2D eigenvalue weighted by Crippen LogP contribution is 2.37. The van der Waals surface area contributed by atoms with Crippen molar-refractivity contribution in [2.75, 3.05) is 0 Å². The van der Waals surface area contributed by atoms with E-state index >= 15 is 0 Å². The van der Waals surface area contributed by atoms with Crippen molar-refractivity contribution in [2.24, 2.45) is 5.41 Å². The van der Waals surface area contributed by atoms with Gasteiger partial charge in [0.2, 0.25) is 0 Å². The molecule has 1 saturated carbocycles. The smallest absolute Gasteiger partial charge is 0.126 e. The molecule has 0 aliphatic heterocycles. The molecule has 17 heavy (non-hydrogen) atoms. The minimum absolute atomic E-state index is 0.116. The molecule has 0 spiro atoms. The molecule has 0 heterocycles. The Kier molecular flexibility index (Phi) is 3.53. The fourth-order valence-electron chi connectivity index (χ4n) is 2.76. The van der Waals surface area contributed by atoms with Gasteiger partial charge >= 0.3 is 0 Å². The predicted octanol–water partition coefficient (Wildman–Crippen LogP) is 3.80. The van der Waals surface area contributed by atoms with Gasteiger partial charge in [0, 0.05) is 12.6 Å². The third-order valence-electron chi connectivity index (χ3n) is 4.03. The van der Waals surface area contributed by atoms with E-state index in [-0.39, 0.29) is 5.82 Å². The maximum atomic E-state index is 13.1. The molecule has 0 saturated heterocycles. The van der Waals surface area contributed by atoms with Crippen LogP contribution in [-0.4, -0.2) is 6.04 Å². The van der Waals surface area contributed by atoms with Crippen LogP contribution >= 0.6 is 0 Å². The molecule has 0 amide bonds. The average Bonchev–Trinajstić information content (AvgIpc) is 2.60. The predicted molar refractivity (Wildman–Crippen MR) is 69.4 cm³/mol. The number of halogens is 1. The molecular weight excluding hydrogens is 213 g/mol. The first-order valence-corrected chi connectivity index (χ1v) is 6.47. The molecule has 1 fully saturated rings. The molecular formula is C15H22FN. The van der Waals surface area contributed by atoms with Crippen LogP contribution in [0.15, 0.2) is 18.2 Å². The minimum atomic E-state index is -0.116. The van der Waals surface area contributed by atoms with Crippen LogP contribution in [0.2, 0.25) is 0 Å². The lowest BCUT2D eigenvalue weighted by atomic mass is 9.87. The molecule has 1 aliphatic carbocycles. The minimum Gasteiger partial charge on any atom is -0.309 e. The Morgan fingerprint density at radius 3 is 2.76 bits per heavy atom. The summed E-state index contributed by atoms with van der Waals surface area (Å²) in [6.07, 6.45) is 3.87. The quantitative estimate of drug-likeness (QED) is 0.840. The van der Waals surface area contributed by atoms with Crippen molar-refractivity contribution >= 4 is 0 Å². The van der Waals surface area contributed by atoms with Gasteiger partial charge in [-0.05, 0) is 42.4 Å². The topological polar surface area (TPSA) is 12.0 Å². The summed E-state index contributed by atoms with van der Waals surface area (Å²) in [4.78, 5) is 0. The summed E-state index contributed by atoms with van der Waals surface area (Å²) in [6, 6.07) is 5.96. The second-order valence-electron chi connectivity index (χ2n) is 5.90. The van der Waals surface area contributed by atoms with E-state index < -0.39 is 0 Å². The maximum absolute atomic E-state index is 13.1. The lowest BCUT2D eigenvalue weighted by Crippen LogP contribution is -2.37. The van der Waals surface area contributed by atoms with Crippen LogP contribution in [0.25, 0.3) is 0 Å². The monoisotopic (exact) mass is 235 g/mol. The molecule has 0 bridgehead atoms. The number of nitrogens with one attached hydrogen (secondary N) is 1. The van der Waals surface area contributed by atoms with Gasteiger partial charge < -0.3 is 5.32 Å². The highest BCUT2D eigenvalue weighted by molar-refractivity contribution is 5.23. The summed E-state index contributed by atoms with van der Waals surface area (Å²) in [5, 5.41) is 3.61. The van der Waals surface area contributed by atoms with E-state index in [0.717, 1.165) is 12.1 Å². The number of hydrogen-bond acceptors (Lipinski definition) is 1. The SMILES string of the molecule is Cc1cc(CNC2CCCC2(C)C)ccc1F. The molecule has 1 unspecified atom stereocenters. The van der Waals surface area contributed by atoms with Crippen LogP contribution in [0.4, 0.5) is 4.39 Å². The van der Waals surface area contributed by atoms with Gasteiger partial charge in [-0.25, -0.2) is 4.39 Å². The van der Waals surface area contributed by atoms with Crippen molar-refractivity contribution in [2.45, 2.75) is 52.6 Å². The van der Waals surface area contributed by atoms with Crippen LogP contribution in [0.5, 0.6) is 0 Å². The van der Waals surface area contributed by atoms with Crippen molar-refractivity contribution in [3.63, 3.8) is 0 Å². The van der Waals surface area contributed by atoms with Gasteiger partial charge in [-0.2, -0.15) is 0 Å². The van der Waals surface area contributed by atoms with Gasteiger partial charge in [0.25, 0.3) is 0 Å². The molecule has 1 atom stereocenters. The standard InChI is InChI=1S/C15H22FN/c1-11-9-12(6-7-13(11)16)10-17-14-5-4-8-15(14,2)3/h6-7,9,14,17H,4-5,8,10H2,1-3H3. The second kappa shape index (κ2) is 4.77.